The Balaban J connectivity index is 2.57. The Morgan fingerprint density at radius 3 is 2.88 bits per heavy atom. The number of hydrogen-bond donors (Lipinski definition) is 2. The van der Waals surface area contributed by atoms with Gasteiger partial charge in [-0.05, 0) is 6.07 Å². The highest BCUT2D eigenvalue weighted by Gasteiger charge is 2.19. The minimum atomic E-state index is -1.12. The number of aryl methyl sites for hydroxylation is 1. The van der Waals surface area contributed by atoms with Crippen molar-refractivity contribution in [2.75, 3.05) is 6.54 Å². The van der Waals surface area contributed by atoms with Gasteiger partial charge in [-0.15, -0.1) is 0 Å². The highest BCUT2D eigenvalue weighted by Crippen LogP contribution is 2.21. The monoisotopic (exact) mass is 218 g/mol. The number of ketones is 1. The van der Waals surface area contributed by atoms with Crippen molar-refractivity contribution in [1.29, 1.82) is 0 Å². The number of carbonyl (C=O) groups is 1. The van der Waals surface area contributed by atoms with E-state index in [1.165, 1.54) is 0 Å². The number of carbonyl (C=O) groups excluding carboxylic acids is 1. The summed E-state index contributed by atoms with van der Waals surface area (Å²) in [5.41, 5.74) is 6.78. The summed E-state index contributed by atoms with van der Waals surface area (Å²) >= 11 is 0. The van der Waals surface area contributed by atoms with E-state index in [0.29, 0.717) is 5.56 Å². The maximum absolute atomic E-state index is 11.9. The van der Waals surface area contributed by atoms with Crippen LogP contribution in [0.15, 0.2) is 30.5 Å². The zero-order valence-electron chi connectivity index (χ0n) is 9.05. The van der Waals surface area contributed by atoms with Gasteiger partial charge in [0.25, 0.3) is 0 Å². The Labute approximate surface area is 93.3 Å². The summed E-state index contributed by atoms with van der Waals surface area (Å²) in [5.74, 6) is -0.320. The first kappa shape index (κ1) is 10.9. The molecule has 1 aromatic heterocycles. The second-order valence-electron chi connectivity index (χ2n) is 3.79. The summed E-state index contributed by atoms with van der Waals surface area (Å²) < 4.78 is 1.87. The van der Waals surface area contributed by atoms with Crippen LogP contribution in [-0.4, -0.2) is 28.1 Å². The zero-order valence-corrected chi connectivity index (χ0v) is 9.05. The quantitative estimate of drug-likeness (QED) is 0.744. The maximum Gasteiger partial charge on any atom is 0.194 e. The normalized spacial score (nSPS) is 12.9. The molecule has 84 valence electrons. The fraction of sp³-hybridized carbons (Fsp3) is 0.250. The molecule has 1 heterocycles. The molecule has 2 aromatic rings. The van der Waals surface area contributed by atoms with Gasteiger partial charge in [-0.25, -0.2) is 0 Å². The van der Waals surface area contributed by atoms with Gasteiger partial charge in [-0.3, -0.25) is 4.79 Å². The second-order valence-corrected chi connectivity index (χ2v) is 3.79. The average Bonchev–Trinajstić information content (AvgIpc) is 2.65. The van der Waals surface area contributed by atoms with Crippen molar-refractivity contribution < 1.29 is 9.90 Å². The molecule has 0 aliphatic rings. The highest BCUT2D eigenvalue weighted by molar-refractivity contribution is 6.10. The van der Waals surface area contributed by atoms with Crippen molar-refractivity contribution in [2.45, 2.75) is 6.10 Å². The number of hydrogen-bond acceptors (Lipinski definition) is 3. The van der Waals surface area contributed by atoms with E-state index in [1.807, 2.05) is 35.9 Å². The van der Waals surface area contributed by atoms with Crippen LogP contribution in [0.1, 0.15) is 10.4 Å². The maximum atomic E-state index is 11.9. The van der Waals surface area contributed by atoms with E-state index in [1.54, 1.807) is 6.20 Å². The molecule has 0 amide bonds. The topological polar surface area (TPSA) is 68.2 Å². The molecule has 0 aliphatic heterocycles. The number of benzene rings is 1. The van der Waals surface area contributed by atoms with Gasteiger partial charge in [0.15, 0.2) is 5.78 Å². The Morgan fingerprint density at radius 2 is 2.19 bits per heavy atom. The fourth-order valence-electron chi connectivity index (χ4n) is 1.82. The number of para-hydroxylation sites is 1. The minimum Gasteiger partial charge on any atom is -0.384 e. The fourth-order valence-corrected chi connectivity index (χ4v) is 1.82. The number of nitrogens with two attached hydrogens (primary N) is 1. The standard InChI is InChI=1S/C12H14N2O2/c1-14-7-9(12(16)11(15)6-13)8-4-2-3-5-10(8)14/h2-5,7,11,15H,6,13H2,1H3. The van der Waals surface area contributed by atoms with Crippen LogP contribution in [0.3, 0.4) is 0 Å². The number of fused-ring (bicyclic) bond motifs is 1. The third-order valence-electron chi connectivity index (χ3n) is 2.69. The van der Waals surface area contributed by atoms with E-state index < -0.39 is 6.10 Å². The summed E-state index contributed by atoms with van der Waals surface area (Å²) in [6, 6.07) is 7.58. The van der Waals surface area contributed by atoms with Crippen molar-refractivity contribution in [3.63, 3.8) is 0 Å². The Bertz CT molecular complexity index is 531. The predicted octanol–water partition coefficient (Wildman–Crippen LogP) is 0.681. The molecule has 0 saturated heterocycles. The molecule has 1 unspecified atom stereocenters. The van der Waals surface area contributed by atoms with Crippen LogP contribution in [-0.2, 0) is 7.05 Å². The highest BCUT2D eigenvalue weighted by atomic mass is 16.3. The first-order valence-electron chi connectivity index (χ1n) is 5.11. The molecule has 4 nitrogen and oxygen atoms in total. The van der Waals surface area contributed by atoms with Gasteiger partial charge in [0, 0.05) is 36.3 Å². The summed E-state index contributed by atoms with van der Waals surface area (Å²) in [6.45, 7) is -0.0535. The van der Waals surface area contributed by atoms with Gasteiger partial charge in [-0.2, -0.15) is 0 Å². The molecule has 4 heteroatoms. The van der Waals surface area contributed by atoms with E-state index in [9.17, 15) is 9.90 Å². The average molecular weight is 218 g/mol. The molecule has 0 aliphatic carbocycles. The third-order valence-corrected chi connectivity index (χ3v) is 2.69. The Kier molecular flexibility index (Phi) is 2.77. The van der Waals surface area contributed by atoms with E-state index >= 15 is 0 Å². The molecule has 0 radical (unpaired) electrons. The first-order chi connectivity index (χ1) is 7.65. The molecule has 0 bridgehead atoms. The van der Waals surface area contributed by atoms with Gasteiger partial charge >= 0.3 is 0 Å². The van der Waals surface area contributed by atoms with Gasteiger partial charge in [0.2, 0.25) is 0 Å². The van der Waals surface area contributed by atoms with Crippen molar-refractivity contribution in [3.05, 3.63) is 36.0 Å². The lowest BCUT2D eigenvalue weighted by molar-refractivity contribution is 0.0764. The van der Waals surface area contributed by atoms with Crippen LogP contribution in [0, 0.1) is 0 Å². The largest absolute Gasteiger partial charge is 0.384 e. The minimum absolute atomic E-state index is 0.0535. The molecule has 1 aromatic carbocycles. The third kappa shape index (κ3) is 1.62. The van der Waals surface area contributed by atoms with E-state index in [4.69, 9.17) is 5.73 Å². The number of aromatic nitrogens is 1. The molecule has 0 fully saturated rings. The van der Waals surface area contributed by atoms with Crippen LogP contribution in [0.25, 0.3) is 10.9 Å². The Hall–Kier alpha value is -1.65. The lowest BCUT2D eigenvalue weighted by atomic mass is 10.1. The smallest absolute Gasteiger partial charge is 0.194 e. The molecule has 1 atom stereocenters. The summed E-state index contributed by atoms with van der Waals surface area (Å²) in [7, 11) is 1.87. The Morgan fingerprint density at radius 1 is 1.50 bits per heavy atom. The molecular weight excluding hydrogens is 204 g/mol. The van der Waals surface area contributed by atoms with E-state index in [0.717, 1.165) is 10.9 Å². The van der Waals surface area contributed by atoms with Crippen molar-refractivity contribution in [1.82, 2.24) is 4.57 Å². The second kappa shape index (κ2) is 4.08. The molecule has 2 rings (SSSR count). The molecule has 0 saturated carbocycles. The number of aliphatic hydroxyl groups is 1. The van der Waals surface area contributed by atoms with Crippen molar-refractivity contribution >= 4 is 16.7 Å². The molecule has 3 N–H and O–H groups in total. The zero-order chi connectivity index (χ0) is 11.7. The van der Waals surface area contributed by atoms with Crippen LogP contribution >= 0.6 is 0 Å². The van der Waals surface area contributed by atoms with E-state index in [-0.39, 0.29) is 12.3 Å². The van der Waals surface area contributed by atoms with Gasteiger partial charge in [0.05, 0.1) is 0 Å². The number of Topliss-reactive ketones (excluding diaryl/α,β-unsaturated/α-hetero) is 1. The SMILES string of the molecule is Cn1cc(C(=O)C(O)CN)c2ccccc21. The van der Waals surface area contributed by atoms with Crippen molar-refractivity contribution in [2.24, 2.45) is 12.8 Å². The number of aliphatic hydroxyl groups excluding tert-OH is 1. The van der Waals surface area contributed by atoms with Crippen LogP contribution < -0.4 is 5.73 Å². The van der Waals surface area contributed by atoms with Crippen LogP contribution in [0.4, 0.5) is 0 Å². The molecule has 0 spiro atoms. The molecular formula is C12H14N2O2. The van der Waals surface area contributed by atoms with Gasteiger partial charge < -0.3 is 15.4 Å². The van der Waals surface area contributed by atoms with Gasteiger partial charge in [-0.1, -0.05) is 18.2 Å². The van der Waals surface area contributed by atoms with Crippen molar-refractivity contribution in [3.8, 4) is 0 Å². The van der Waals surface area contributed by atoms with Crippen LogP contribution in [0.2, 0.25) is 0 Å². The first-order valence-corrected chi connectivity index (χ1v) is 5.11. The number of rotatable bonds is 3. The summed E-state index contributed by atoms with van der Waals surface area (Å²) in [4.78, 5) is 11.9. The van der Waals surface area contributed by atoms with Crippen LogP contribution in [0.5, 0.6) is 0 Å². The summed E-state index contributed by atoms with van der Waals surface area (Å²) in [6.07, 6.45) is 0.608. The van der Waals surface area contributed by atoms with E-state index in [2.05, 4.69) is 0 Å². The summed E-state index contributed by atoms with van der Waals surface area (Å²) in [5, 5.41) is 10.3. The number of nitrogens with zero attached hydrogens (tertiary/aromatic N) is 1. The lowest BCUT2D eigenvalue weighted by Crippen LogP contribution is -2.29. The molecule has 16 heavy (non-hydrogen) atoms. The van der Waals surface area contributed by atoms with Gasteiger partial charge in [0.1, 0.15) is 6.10 Å². The lowest BCUT2D eigenvalue weighted by Gasteiger charge is -2.04. The predicted molar refractivity (Wildman–Crippen MR) is 62.3 cm³/mol.